The second-order valence-corrected chi connectivity index (χ2v) is 8.59. The Hall–Kier alpha value is -2.93. The lowest BCUT2D eigenvalue weighted by atomic mass is 10.1. The van der Waals surface area contributed by atoms with Crippen molar-refractivity contribution in [2.24, 2.45) is 0 Å². The molecule has 0 bridgehead atoms. The van der Waals surface area contributed by atoms with Gasteiger partial charge in [-0.2, -0.15) is 0 Å². The summed E-state index contributed by atoms with van der Waals surface area (Å²) in [5.74, 6) is -0.937. The molecule has 1 aliphatic heterocycles. The zero-order chi connectivity index (χ0) is 19.3. The number of amides is 2. The standard InChI is InChI=1S/C20H20N2O4S/c23-19(16-9-5-2-6-10-16)22-18(13-15-7-3-1-4-8-15)20(24)21-17-11-12-27(25,26)14-17/h1-10,13,17H,11-12,14H2,(H,21,24)(H,22,23)/b18-13-/t17-/m1/s1. The molecule has 1 saturated heterocycles. The molecule has 2 N–H and O–H groups in total. The van der Waals surface area contributed by atoms with E-state index in [9.17, 15) is 18.0 Å². The van der Waals surface area contributed by atoms with Gasteiger partial charge >= 0.3 is 0 Å². The molecular formula is C20H20N2O4S. The van der Waals surface area contributed by atoms with Crippen molar-refractivity contribution in [1.82, 2.24) is 10.6 Å². The van der Waals surface area contributed by atoms with E-state index >= 15 is 0 Å². The third kappa shape index (κ3) is 5.27. The van der Waals surface area contributed by atoms with Gasteiger partial charge in [-0.05, 0) is 30.2 Å². The molecule has 1 atom stereocenters. The zero-order valence-corrected chi connectivity index (χ0v) is 15.4. The summed E-state index contributed by atoms with van der Waals surface area (Å²) in [6, 6.07) is 17.2. The summed E-state index contributed by atoms with van der Waals surface area (Å²) in [6.07, 6.45) is 1.94. The molecule has 0 spiro atoms. The summed E-state index contributed by atoms with van der Waals surface area (Å²) < 4.78 is 23.2. The van der Waals surface area contributed by atoms with Gasteiger partial charge in [0.2, 0.25) is 0 Å². The fourth-order valence-electron chi connectivity index (χ4n) is 2.83. The molecule has 0 saturated carbocycles. The van der Waals surface area contributed by atoms with E-state index in [2.05, 4.69) is 10.6 Å². The third-order valence-corrected chi connectivity index (χ3v) is 5.97. The number of carbonyl (C=O) groups excluding carboxylic acids is 2. The number of rotatable bonds is 5. The molecule has 0 unspecified atom stereocenters. The maximum atomic E-state index is 12.7. The van der Waals surface area contributed by atoms with E-state index in [1.165, 1.54) is 0 Å². The largest absolute Gasteiger partial charge is 0.347 e. The van der Waals surface area contributed by atoms with E-state index in [4.69, 9.17) is 0 Å². The van der Waals surface area contributed by atoms with Crippen LogP contribution in [0.5, 0.6) is 0 Å². The topological polar surface area (TPSA) is 92.3 Å². The molecular weight excluding hydrogens is 364 g/mol. The van der Waals surface area contributed by atoms with Crippen LogP contribution in [0.1, 0.15) is 22.3 Å². The Labute approximate surface area is 158 Å². The van der Waals surface area contributed by atoms with Gasteiger partial charge in [-0.15, -0.1) is 0 Å². The van der Waals surface area contributed by atoms with Crippen molar-refractivity contribution in [2.75, 3.05) is 11.5 Å². The Morgan fingerprint density at radius 1 is 0.963 bits per heavy atom. The highest BCUT2D eigenvalue weighted by Crippen LogP contribution is 2.13. The fraction of sp³-hybridized carbons (Fsp3) is 0.200. The van der Waals surface area contributed by atoms with Crippen LogP contribution in [0.15, 0.2) is 66.4 Å². The highest BCUT2D eigenvalue weighted by molar-refractivity contribution is 7.91. The minimum Gasteiger partial charge on any atom is -0.347 e. The summed E-state index contributed by atoms with van der Waals surface area (Å²) in [5.41, 5.74) is 1.24. The second kappa shape index (κ2) is 8.18. The van der Waals surface area contributed by atoms with E-state index in [0.29, 0.717) is 12.0 Å². The van der Waals surface area contributed by atoms with E-state index in [1.54, 1.807) is 36.4 Å². The lowest BCUT2D eigenvalue weighted by molar-refractivity contribution is -0.118. The van der Waals surface area contributed by atoms with Crippen molar-refractivity contribution in [3.63, 3.8) is 0 Å². The van der Waals surface area contributed by atoms with Gasteiger partial charge in [0.05, 0.1) is 11.5 Å². The quantitative estimate of drug-likeness (QED) is 0.769. The van der Waals surface area contributed by atoms with Crippen molar-refractivity contribution >= 4 is 27.7 Å². The summed E-state index contributed by atoms with van der Waals surface area (Å²) in [4.78, 5) is 25.2. The molecule has 2 aromatic rings. The van der Waals surface area contributed by atoms with Crippen molar-refractivity contribution in [2.45, 2.75) is 12.5 Å². The molecule has 0 radical (unpaired) electrons. The van der Waals surface area contributed by atoms with Crippen LogP contribution in [0, 0.1) is 0 Å². The van der Waals surface area contributed by atoms with Crippen LogP contribution >= 0.6 is 0 Å². The molecule has 1 heterocycles. The van der Waals surface area contributed by atoms with Crippen LogP contribution in [0.25, 0.3) is 6.08 Å². The maximum Gasteiger partial charge on any atom is 0.268 e. The van der Waals surface area contributed by atoms with Gasteiger partial charge < -0.3 is 10.6 Å². The monoisotopic (exact) mass is 384 g/mol. The molecule has 0 aromatic heterocycles. The SMILES string of the molecule is O=C(N[C@@H]1CCS(=O)(=O)C1)/C(=C/c1ccccc1)NC(=O)c1ccccc1. The molecule has 6 nitrogen and oxygen atoms in total. The third-order valence-electron chi connectivity index (χ3n) is 4.21. The van der Waals surface area contributed by atoms with Gasteiger partial charge in [0.1, 0.15) is 5.70 Å². The van der Waals surface area contributed by atoms with Crippen molar-refractivity contribution in [1.29, 1.82) is 0 Å². The van der Waals surface area contributed by atoms with Crippen LogP contribution in [0.4, 0.5) is 0 Å². The number of hydrogen-bond donors (Lipinski definition) is 2. The summed E-state index contributed by atoms with van der Waals surface area (Å²) in [7, 11) is -3.11. The fourth-order valence-corrected chi connectivity index (χ4v) is 4.50. The molecule has 2 aromatic carbocycles. The van der Waals surface area contributed by atoms with Crippen LogP contribution in [0.2, 0.25) is 0 Å². The Bertz CT molecular complexity index is 954. The van der Waals surface area contributed by atoms with Crippen LogP contribution in [-0.4, -0.2) is 37.8 Å². The average Bonchev–Trinajstić information content (AvgIpc) is 3.01. The second-order valence-electron chi connectivity index (χ2n) is 6.36. The highest BCUT2D eigenvalue weighted by Gasteiger charge is 2.29. The van der Waals surface area contributed by atoms with Crippen LogP contribution < -0.4 is 10.6 Å². The van der Waals surface area contributed by atoms with Gasteiger partial charge in [-0.3, -0.25) is 9.59 Å². The van der Waals surface area contributed by atoms with Gasteiger partial charge in [-0.1, -0.05) is 48.5 Å². The number of hydrogen-bond acceptors (Lipinski definition) is 4. The lowest BCUT2D eigenvalue weighted by Gasteiger charge is -2.14. The normalized spacial score (nSPS) is 18.7. The van der Waals surface area contributed by atoms with Gasteiger partial charge in [-0.25, -0.2) is 8.42 Å². The minimum atomic E-state index is -3.11. The number of carbonyl (C=O) groups is 2. The first-order valence-electron chi connectivity index (χ1n) is 8.57. The van der Waals surface area contributed by atoms with E-state index in [0.717, 1.165) is 5.56 Å². The molecule has 2 amide bonds. The predicted molar refractivity (Wildman–Crippen MR) is 104 cm³/mol. The molecule has 3 rings (SSSR count). The van der Waals surface area contributed by atoms with E-state index in [-0.39, 0.29) is 17.2 Å². The Morgan fingerprint density at radius 2 is 1.59 bits per heavy atom. The van der Waals surface area contributed by atoms with E-state index < -0.39 is 27.7 Å². The Kier molecular flexibility index (Phi) is 5.71. The lowest BCUT2D eigenvalue weighted by Crippen LogP contribution is -2.41. The van der Waals surface area contributed by atoms with Crippen molar-refractivity contribution in [3.8, 4) is 0 Å². The summed E-state index contributed by atoms with van der Waals surface area (Å²) >= 11 is 0. The molecule has 140 valence electrons. The first kappa shape index (κ1) is 18.8. The Balaban J connectivity index is 1.80. The molecule has 27 heavy (non-hydrogen) atoms. The van der Waals surface area contributed by atoms with Crippen molar-refractivity contribution < 1.29 is 18.0 Å². The average molecular weight is 384 g/mol. The number of benzene rings is 2. The number of sulfone groups is 1. The number of nitrogens with one attached hydrogen (secondary N) is 2. The first-order chi connectivity index (χ1) is 12.9. The molecule has 1 fully saturated rings. The van der Waals surface area contributed by atoms with Crippen LogP contribution in [0.3, 0.4) is 0 Å². The predicted octanol–water partition coefficient (Wildman–Crippen LogP) is 1.76. The van der Waals surface area contributed by atoms with Crippen LogP contribution in [-0.2, 0) is 14.6 Å². The van der Waals surface area contributed by atoms with Gasteiger partial charge in [0, 0.05) is 11.6 Å². The Morgan fingerprint density at radius 3 is 2.19 bits per heavy atom. The van der Waals surface area contributed by atoms with Gasteiger partial charge in [0.25, 0.3) is 11.8 Å². The zero-order valence-electron chi connectivity index (χ0n) is 14.6. The summed E-state index contributed by atoms with van der Waals surface area (Å²) in [6.45, 7) is 0. The summed E-state index contributed by atoms with van der Waals surface area (Å²) in [5, 5.41) is 5.35. The minimum absolute atomic E-state index is 0.0616. The highest BCUT2D eigenvalue weighted by atomic mass is 32.2. The first-order valence-corrected chi connectivity index (χ1v) is 10.4. The molecule has 0 aliphatic carbocycles. The molecule has 7 heteroatoms. The van der Waals surface area contributed by atoms with Gasteiger partial charge in [0.15, 0.2) is 9.84 Å². The smallest absolute Gasteiger partial charge is 0.268 e. The molecule has 1 aliphatic rings. The maximum absolute atomic E-state index is 12.7. The van der Waals surface area contributed by atoms with Crippen molar-refractivity contribution in [3.05, 3.63) is 77.5 Å². The van der Waals surface area contributed by atoms with E-state index in [1.807, 2.05) is 30.3 Å².